The lowest BCUT2D eigenvalue weighted by Gasteiger charge is -2.06. The molecule has 0 atom stereocenters. The molecule has 0 unspecified atom stereocenters. The predicted molar refractivity (Wildman–Crippen MR) is 105 cm³/mol. The molecule has 1 aromatic carbocycles. The standard InChI is InChI=1S/C18H18N4O3S2/c23-15(20-18(24)19-11-13-5-2-1-3-6-13)8-10-26-12-16-21-17(22-25-16)14-7-4-9-27-14/h1-7,9H,8,10-12H2,(H2,19,20,23,24). The van der Waals surface area contributed by atoms with Gasteiger partial charge in [-0.1, -0.05) is 41.6 Å². The maximum atomic E-state index is 11.8. The van der Waals surface area contributed by atoms with Gasteiger partial charge < -0.3 is 9.84 Å². The molecule has 2 aromatic heterocycles. The fraction of sp³-hybridized carbons (Fsp3) is 0.222. The maximum Gasteiger partial charge on any atom is 0.321 e. The van der Waals surface area contributed by atoms with Crippen LogP contribution in [0, 0.1) is 0 Å². The van der Waals surface area contributed by atoms with Crippen molar-refractivity contribution in [3.05, 3.63) is 59.3 Å². The second-order valence-corrected chi connectivity index (χ2v) is 7.56. The zero-order chi connectivity index (χ0) is 18.9. The number of thioether (sulfide) groups is 1. The Kier molecular flexibility index (Phi) is 7.00. The molecule has 9 heteroatoms. The normalized spacial score (nSPS) is 10.5. The number of benzene rings is 1. The van der Waals surface area contributed by atoms with Crippen LogP contribution in [-0.4, -0.2) is 27.8 Å². The third-order valence-corrected chi connectivity index (χ3v) is 5.27. The van der Waals surface area contributed by atoms with Crippen molar-refractivity contribution in [1.29, 1.82) is 0 Å². The minimum absolute atomic E-state index is 0.231. The van der Waals surface area contributed by atoms with Gasteiger partial charge in [-0.05, 0) is 17.0 Å². The molecule has 0 radical (unpaired) electrons. The minimum atomic E-state index is -0.494. The molecule has 0 saturated heterocycles. The number of hydrogen-bond acceptors (Lipinski definition) is 7. The Morgan fingerprint density at radius 3 is 2.78 bits per heavy atom. The van der Waals surface area contributed by atoms with Crippen molar-refractivity contribution in [2.75, 3.05) is 5.75 Å². The fourth-order valence-corrected chi connectivity index (χ4v) is 3.57. The number of nitrogens with one attached hydrogen (secondary N) is 2. The molecule has 0 aliphatic heterocycles. The SMILES string of the molecule is O=C(CCSCc1nc(-c2cccs2)no1)NC(=O)NCc1ccccc1. The molecule has 140 valence electrons. The number of aromatic nitrogens is 2. The highest BCUT2D eigenvalue weighted by Crippen LogP contribution is 2.22. The third-order valence-electron chi connectivity index (χ3n) is 3.46. The number of rotatable bonds is 8. The minimum Gasteiger partial charge on any atom is -0.338 e. The van der Waals surface area contributed by atoms with Gasteiger partial charge in [0.2, 0.25) is 17.6 Å². The summed E-state index contributed by atoms with van der Waals surface area (Å²) in [5.41, 5.74) is 0.970. The molecule has 0 bridgehead atoms. The summed E-state index contributed by atoms with van der Waals surface area (Å²) in [6, 6.07) is 12.9. The molecule has 3 amide bonds. The van der Waals surface area contributed by atoms with Crippen LogP contribution in [0.3, 0.4) is 0 Å². The van der Waals surface area contributed by atoms with Crippen molar-refractivity contribution in [3.63, 3.8) is 0 Å². The lowest BCUT2D eigenvalue weighted by molar-refractivity contribution is -0.119. The first-order valence-corrected chi connectivity index (χ1v) is 10.3. The first kappa shape index (κ1) is 19.1. The molecule has 3 aromatic rings. The Balaban J connectivity index is 1.31. The summed E-state index contributed by atoms with van der Waals surface area (Å²) in [7, 11) is 0. The van der Waals surface area contributed by atoms with Crippen molar-refractivity contribution < 1.29 is 14.1 Å². The number of amides is 3. The van der Waals surface area contributed by atoms with Crippen LogP contribution >= 0.6 is 23.1 Å². The van der Waals surface area contributed by atoms with Gasteiger partial charge in [0.15, 0.2) is 0 Å². The summed E-state index contributed by atoms with van der Waals surface area (Å²) in [4.78, 5) is 28.8. The van der Waals surface area contributed by atoms with Crippen LogP contribution in [0.15, 0.2) is 52.4 Å². The summed E-state index contributed by atoms with van der Waals surface area (Å²) in [5.74, 6) is 1.84. The molecule has 0 aliphatic rings. The maximum absolute atomic E-state index is 11.8. The molecule has 2 N–H and O–H groups in total. The van der Waals surface area contributed by atoms with E-state index in [-0.39, 0.29) is 12.3 Å². The van der Waals surface area contributed by atoms with E-state index in [1.54, 1.807) is 11.3 Å². The van der Waals surface area contributed by atoms with Crippen LogP contribution in [0.4, 0.5) is 4.79 Å². The topological polar surface area (TPSA) is 97.1 Å². The molecule has 7 nitrogen and oxygen atoms in total. The van der Waals surface area contributed by atoms with Crippen LogP contribution in [0.5, 0.6) is 0 Å². The lowest BCUT2D eigenvalue weighted by Crippen LogP contribution is -2.39. The van der Waals surface area contributed by atoms with E-state index in [1.165, 1.54) is 11.8 Å². The van der Waals surface area contributed by atoms with Gasteiger partial charge in [0.05, 0.1) is 10.6 Å². The Labute approximate surface area is 164 Å². The first-order chi connectivity index (χ1) is 13.2. The summed E-state index contributed by atoms with van der Waals surface area (Å²) < 4.78 is 5.19. The molecule has 2 heterocycles. The van der Waals surface area contributed by atoms with Gasteiger partial charge >= 0.3 is 6.03 Å². The van der Waals surface area contributed by atoms with Crippen LogP contribution in [0.25, 0.3) is 10.7 Å². The van der Waals surface area contributed by atoms with Gasteiger partial charge in [0, 0.05) is 18.7 Å². The molecule has 3 rings (SSSR count). The Morgan fingerprint density at radius 1 is 1.15 bits per heavy atom. The average molecular weight is 403 g/mol. The largest absolute Gasteiger partial charge is 0.338 e. The van der Waals surface area contributed by atoms with E-state index in [4.69, 9.17) is 4.52 Å². The van der Waals surface area contributed by atoms with Crippen molar-refractivity contribution in [2.24, 2.45) is 0 Å². The van der Waals surface area contributed by atoms with E-state index >= 15 is 0 Å². The Hall–Kier alpha value is -2.65. The van der Waals surface area contributed by atoms with Crippen molar-refractivity contribution in [1.82, 2.24) is 20.8 Å². The number of hydrogen-bond donors (Lipinski definition) is 2. The molecule has 0 fully saturated rings. The van der Waals surface area contributed by atoms with E-state index in [1.807, 2.05) is 47.8 Å². The Bertz CT molecular complexity index is 866. The molecular weight excluding hydrogens is 384 g/mol. The number of imide groups is 1. The van der Waals surface area contributed by atoms with Crippen LogP contribution in [0.2, 0.25) is 0 Å². The molecular formula is C18H18N4O3S2. The summed E-state index contributed by atoms with van der Waals surface area (Å²) in [5, 5.41) is 10.9. The van der Waals surface area contributed by atoms with Gasteiger partial charge in [0.25, 0.3) is 0 Å². The average Bonchev–Trinajstić information content (AvgIpc) is 3.36. The highest BCUT2D eigenvalue weighted by Gasteiger charge is 2.11. The van der Waals surface area contributed by atoms with Crippen LogP contribution in [0.1, 0.15) is 17.9 Å². The molecule has 0 aliphatic carbocycles. The first-order valence-electron chi connectivity index (χ1n) is 8.26. The zero-order valence-corrected chi connectivity index (χ0v) is 16.0. The van der Waals surface area contributed by atoms with E-state index < -0.39 is 6.03 Å². The number of urea groups is 1. The number of carbonyl (C=O) groups excluding carboxylic acids is 2. The van der Waals surface area contributed by atoms with E-state index in [0.29, 0.717) is 29.8 Å². The lowest BCUT2D eigenvalue weighted by atomic mass is 10.2. The quantitative estimate of drug-likeness (QED) is 0.560. The second-order valence-electron chi connectivity index (χ2n) is 5.51. The third kappa shape index (κ3) is 6.22. The highest BCUT2D eigenvalue weighted by molar-refractivity contribution is 7.98. The van der Waals surface area contributed by atoms with Crippen molar-refractivity contribution in [3.8, 4) is 10.7 Å². The second kappa shape index (κ2) is 9.89. The van der Waals surface area contributed by atoms with Gasteiger partial charge in [-0.15, -0.1) is 11.3 Å². The van der Waals surface area contributed by atoms with Gasteiger partial charge in [-0.25, -0.2) is 4.79 Å². The van der Waals surface area contributed by atoms with Crippen molar-refractivity contribution in [2.45, 2.75) is 18.7 Å². The number of thiophene rings is 1. The summed E-state index contributed by atoms with van der Waals surface area (Å²) in [6.07, 6.45) is 0.231. The summed E-state index contributed by atoms with van der Waals surface area (Å²) >= 11 is 3.04. The van der Waals surface area contributed by atoms with E-state index in [2.05, 4.69) is 20.8 Å². The van der Waals surface area contributed by atoms with E-state index in [0.717, 1.165) is 10.4 Å². The van der Waals surface area contributed by atoms with Crippen LogP contribution in [-0.2, 0) is 17.1 Å². The monoisotopic (exact) mass is 402 g/mol. The number of carbonyl (C=O) groups is 2. The highest BCUT2D eigenvalue weighted by atomic mass is 32.2. The van der Waals surface area contributed by atoms with Crippen molar-refractivity contribution >= 4 is 35.0 Å². The summed E-state index contributed by atoms with van der Waals surface area (Å²) in [6.45, 7) is 0.373. The van der Waals surface area contributed by atoms with Gasteiger partial charge in [0.1, 0.15) is 0 Å². The molecule has 0 saturated carbocycles. The van der Waals surface area contributed by atoms with E-state index in [9.17, 15) is 9.59 Å². The van der Waals surface area contributed by atoms with Gasteiger partial charge in [-0.3, -0.25) is 10.1 Å². The zero-order valence-electron chi connectivity index (χ0n) is 14.4. The van der Waals surface area contributed by atoms with Crippen LogP contribution < -0.4 is 10.6 Å². The smallest absolute Gasteiger partial charge is 0.321 e. The molecule has 0 spiro atoms. The Morgan fingerprint density at radius 2 is 2.00 bits per heavy atom. The molecule has 27 heavy (non-hydrogen) atoms. The number of nitrogens with zero attached hydrogens (tertiary/aromatic N) is 2. The fourth-order valence-electron chi connectivity index (χ4n) is 2.16. The predicted octanol–water partition coefficient (Wildman–Crippen LogP) is 3.45. The van der Waals surface area contributed by atoms with Gasteiger partial charge in [-0.2, -0.15) is 16.7 Å².